The van der Waals surface area contributed by atoms with E-state index in [4.69, 9.17) is 4.74 Å². The number of nitrogens with one attached hydrogen (secondary N) is 2. The molecule has 0 saturated heterocycles. The number of carbonyl (C=O) groups excluding carboxylic acids is 3. The Morgan fingerprint density at radius 2 is 1.68 bits per heavy atom. The maximum Gasteiger partial charge on any atom is 0.241 e. The predicted molar refractivity (Wildman–Crippen MR) is 109 cm³/mol. The van der Waals surface area contributed by atoms with Crippen LogP contribution >= 0.6 is 0 Å². The van der Waals surface area contributed by atoms with E-state index >= 15 is 0 Å². The van der Waals surface area contributed by atoms with E-state index in [1.165, 1.54) is 6.92 Å². The van der Waals surface area contributed by atoms with Gasteiger partial charge in [0.05, 0.1) is 19.7 Å². The SMILES string of the molecule is COc1cccc(NC(=O)CN(C)[C@H](C)C(=O)Nc2cccc(C(C)=O)c2)c1. The van der Waals surface area contributed by atoms with Gasteiger partial charge in [0.15, 0.2) is 5.78 Å². The molecule has 2 aromatic carbocycles. The summed E-state index contributed by atoms with van der Waals surface area (Å²) in [6.07, 6.45) is 0. The number of nitrogens with zero attached hydrogens (tertiary/aromatic N) is 1. The number of ketones is 1. The summed E-state index contributed by atoms with van der Waals surface area (Å²) in [7, 11) is 3.25. The van der Waals surface area contributed by atoms with E-state index in [-0.39, 0.29) is 24.1 Å². The molecule has 2 rings (SSSR count). The van der Waals surface area contributed by atoms with Gasteiger partial charge < -0.3 is 15.4 Å². The maximum absolute atomic E-state index is 12.5. The smallest absolute Gasteiger partial charge is 0.241 e. The first-order valence-corrected chi connectivity index (χ1v) is 8.86. The van der Waals surface area contributed by atoms with Crippen LogP contribution in [0.2, 0.25) is 0 Å². The van der Waals surface area contributed by atoms with Crippen LogP contribution in [0.1, 0.15) is 24.2 Å². The number of likely N-dealkylation sites (N-methyl/N-ethyl adjacent to an activating group) is 1. The number of rotatable bonds is 8. The first-order chi connectivity index (χ1) is 13.3. The summed E-state index contributed by atoms with van der Waals surface area (Å²) >= 11 is 0. The highest BCUT2D eigenvalue weighted by molar-refractivity contribution is 5.99. The van der Waals surface area contributed by atoms with Crippen LogP contribution < -0.4 is 15.4 Å². The molecule has 7 nitrogen and oxygen atoms in total. The third-order valence-electron chi connectivity index (χ3n) is 4.32. The molecular formula is C21H25N3O4. The lowest BCUT2D eigenvalue weighted by atomic mass is 10.1. The average molecular weight is 383 g/mol. The van der Waals surface area contributed by atoms with Crippen molar-refractivity contribution in [2.24, 2.45) is 0 Å². The topological polar surface area (TPSA) is 87.7 Å². The molecular weight excluding hydrogens is 358 g/mol. The Morgan fingerprint density at radius 1 is 1.04 bits per heavy atom. The Balaban J connectivity index is 1.92. The van der Waals surface area contributed by atoms with Crippen LogP contribution in [0.25, 0.3) is 0 Å². The fourth-order valence-corrected chi connectivity index (χ4v) is 2.53. The van der Waals surface area contributed by atoms with Gasteiger partial charge in [-0.05, 0) is 45.2 Å². The van der Waals surface area contributed by atoms with Crippen LogP contribution in [-0.2, 0) is 9.59 Å². The third kappa shape index (κ3) is 5.92. The van der Waals surface area contributed by atoms with E-state index in [9.17, 15) is 14.4 Å². The molecule has 0 saturated carbocycles. The molecule has 0 spiro atoms. The molecule has 2 aromatic rings. The summed E-state index contributed by atoms with van der Waals surface area (Å²) in [6.45, 7) is 3.22. The van der Waals surface area contributed by atoms with Gasteiger partial charge in [0.2, 0.25) is 11.8 Å². The second-order valence-electron chi connectivity index (χ2n) is 6.50. The van der Waals surface area contributed by atoms with Gasteiger partial charge in [-0.25, -0.2) is 0 Å². The summed E-state index contributed by atoms with van der Waals surface area (Å²) < 4.78 is 5.13. The van der Waals surface area contributed by atoms with Crippen LogP contribution in [0.4, 0.5) is 11.4 Å². The Kier molecular flexibility index (Phi) is 7.28. The van der Waals surface area contributed by atoms with E-state index in [0.717, 1.165) is 0 Å². The maximum atomic E-state index is 12.5. The number of hydrogen-bond acceptors (Lipinski definition) is 5. The van der Waals surface area contributed by atoms with Crippen molar-refractivity contribution >= 4 is 29.0 Å². The number of benzene rings is 2. The van der Waals surface area contributed by atoms with Crippen molar-refractivity contribution in [2.75, 3.05) is 31.3 Å². The Hall–Kier alpha value is -3.19. The Bertz CT molecular complexity index is 866. The van der Waals surface area contributed by atoms with Crippen molar-refractivity contribution in [3.8, 4) is 5.75 Å². The van der Waals surface area contributed by atoms with Crippen molar-refractivity contribution in [3.05, 3.63) is 54.1 Å². The minimum absolute atomic E-state index is 0.0410. The molecule has 0 aliphatic carbocycles. The summed E-state index contributed by atoms with van der Waals surface area (Å²) in [6, 6.07) is 13.2. The molecule has 0 aromatic heterocycles. The molecule has 2 N–H and O–H groups in total. The zero-order chi connectivity index (χ0) is 20.7. The van der Waals surface area contributed by atoms with Gasteiger partial charge in [0.25, 0.3) is 0 Å². The van der Waals surface area contributed by atoms with E-state index in [0.29, 0.717) is 22.7 Å². The van der Waals surface area contributed by atoms with Crippen molar-refractivity contribution < 1.29 is 19.1 Å². The summed E-state index contributed by atoms with van der Waals surface area (Å²) in [4.78, 5) is 37.8. The van der Waals surface area contributed by atoms with Crippen LogP contribution in [0.5, 0.6) is 5.75 Å². The highest BCUT2D eigenvalue weighted by atomic mass is 16.5. The second-order valence-corrected chi connectivity index (χ2v) is 6.50. The molecule has 0 radical (unpaired) electrons. The fourth-order valence-electron chi connectivity index (χ4n) is 2.53. The van der Waals surface area contributed by atoms with E-state index in [2.05, 4.69) is 10.6 Å². The normalized spacial score (nSPS) is 11.6. The number of ether oxygens (including phenoxy) is 1. The predicted octanol–water partition coefficient (Wildman–Crippen LogP) is 2.80. The van der Waals surface area contributed by atoms with Gasteiger partial charge >= 0.3 is 0 Å². The highest BCUT2D eigenvalue weighted by Gasteiger charge is 2.20. The number of amides is 2. The average Bonchev–Trinajstić information content (AvgIpc) is 2.67. The van der Waals surface area contributed by atoms with Crippen LogP contribution in [0.15, 0.2) is 48.5 Å². The highest BCUT2D eigenvalue weighted by Crippen LogP contribution is 2.17. The molecule has 1 atom stereocenters. The molecule has 28 heavy (non-hydrogen) atoms. The minimum atomic E-state index is -0.544. The second kappa shape index (κ2) is 9.66. The molecule has 0 heterocycles. The molecule has 2 amide bonds. The number of hydrogen-bond donors (Lipinski definition) is 2. The summed E-state index contributed by atoms with van der Waals surface area (Å²) in [5.74, 6) is 0.0635. The van der Waals surface area contributed by atoms with Crippen molar-refractivity contribution in [1.82, 2.24) is 4.90 Å². The molecule has 7 heteroatoms. The molecule has 0 bridgehead atoms. The number of anilines is 2. The zero-order valence-electron chi connectivity index (χ0n) is 16.5. The van der Waals surface area contributed by atoms with Crippen LogP contribution in [0, 0.1) is 0 Å². The van der Waals surface area contributed by atoms with E-state index in [1.807, 2.05) is 0 Å². The van der Waals surface area contributed by atoms with Gasteiger partial charge in [-0.15, -0.1) is 0 Å². The standard InChI is InChI=1S/C21H25N3O4/c1-14(21(27)23-17-8-5-7-16(11-17)15(2)25)24(3)13-20(26)22-18-9-6-10-19(12-18)28-4/h5-12,14H,13H2,1-4H3,(H,22,26)(H,23,27)/t14-/m1/s1. The van der Waals surface area contributed by atoms with Crippen molar-refractivity contribution in [1.29, 1.82) is 0 Å². The lowest BCUT2D eigenvalue weighted by Crippen LogP contribution is -2.43. The molecule has 0 aliphatic rings. The molecule has 0 fully saturated rings. The van der Waals surface area contributed by atoms with Gasteiger partial charge in [-0.3, -0.25) is 19.3 Å². The van der Waals surface area contributed by atoms with Gasteiger partial charge in [-0.2, -0.15) is 0 Å². The minimum Gasteiger partial charge on any atom is -0.497 e. The third-order valence-corrected chi connectivity index (χ3v) is 4.32. The van der Waals surface area contributed by atoms with E-state index in [1.54, 1.807) is 74.5 Å². The largest absolute Gasteiger partial charge is 0.497 e. The quantitative estimate of drug-likeness (QED) is 0.685. The zero-order valence-corrected chi connectivity index (χ0v) is 16.5. The van der Waals surface area contributed by atoms with E-state index < -0.39 is 6.04 Å². The van der Waals surface area contributed by atoms with Gasteiger partial charge in [-0.1, -0.05) is 18.2 Å². The first kappa shape index (κ1) is 21.1. The van der Waals surface area contributed by atoms with Gasteiger partial charge in [0, 0.05) is 23.0 Å². The van der Waals surface area contributed by atoms with Crippen molar-refractivity contribution in [3.63, 3.8) is 0 Å². The summed E-state index contributed by atoms with van der Waals surface area (Å²) in [5.41, 5.74) is 1.69. The fraction of sp³-hybridized carbons (Fsp3) is 0.286. The number of methoxy groups -OCH3 is 1. The van der Waals surface area contributed by atoms with Crippen LogP contribution in [0.3, 0.4) is 0 Å². The number of carbonyl (C=O) groups is 3. The lowest BCUT2D eigenvalue weighted by molar-refractivity contribution is -0.122. The number of Topliss-reactive ketones (excluding diaryl/α,β-unsaturated/α-hetero) is 1. The summed E-state index contributed by atoms with van der Waals surface area (Å²) in [5, 5.41) is 5.56. The van der Waals surface area contributed by atoms with Crippen molar-refractivity contribution in [2.45, 2.75) is 19.9 Å². The van der Waals surface area contributed by atoms with Crippen LogP contribution in [-0.4, -0.2) is 49.2 Å². The molecule has 0 unspecified atom stereocenters. The lowest BCUT2D eigenvalue weighted by Gasteiger charge is -2.23. The molecule has 148 valence electrons. The Labute approximate surface area is 164 Å². The molecule has 0 aliphatic heterocycles. The van der Waals surface area contributed by atoms with Gasteiger partial charge in [0.1, 0.15) is 5.75 Å². The first-order valence-electron chi connectivity index (χ1n) is 8.86. The monoisotopic (exact) mass is 383 g/mol. The Morgan fingerprint density at radius 3 is 2.32 bits per heavy atom.